The summed E-state index contributed by atoms with van der Waals surface area (Å²) in [6.45, 7) is 8.56. The summed E-state index contributed by atoms with van der Waals surface area (Å²) in [5.74, 6) is 0.805. The molecule has 5 heteroatoms. The van der Waals surface area contributed by atoms with E-state index in [1.54, 1.807) is 6.26 Å². The van der Waals surface area contributed by atoms with Crippen LogP contribution >= 0.6 is 0 Å². The molecule has 3 N–H and O–H groups in total. The first-order valence-electron chi connectivity index (χ1n) is 7.70. The SMILES string of the molecule is CC(C)(C)C(N)C(=O)NCC(c1ccco1)N1CCCC1. The minimum Gasteiger partial charge on any atom is -0.468 e. The maximum atomic E-state index is 12.2. The van der Waals surface area contributed by atoms with E-state index in [0.717, 1.165) is 18.8 Å². The topological polar surface area (TPSA) is 71.5 Å². The van der Waals surface area contributed by atoms with Crippen LogP contribution in [0.5, 0.6) is 0 Å². The van der Waals surface area contributed by atoms with Crippen molar-refractivity contribution in [2.45, 2.75) is 45.7 Å². The highest BCUT2D eigenvalue weighted by Crippen LogP contribution is 2.25. The highest BCUT2D eigenvalue weighted by molar-refractivity contribution is 5.82. The molecule has 0 spiro atoms. The molecule has 0 radical (unpaired) electrons. The van der Waals surface area contributed by atoms with Crippen LogP contribution in [-0.2, 0) is 4.79 Å². The van der Waals surface area contributed by atoms with E-state index in [9.17, 15) is 4.79 Å². The van der Waals surface area contributed by atoms with Crippen molar-refractivity contribution in [1.29, 1.82) is 0 Å². The van der Waals surface area contributed by atoms with Gasteiger partial charge in [0.2, 0.25) is 5.91 Å². The fraction of sp³-hybridized carbons (Fsp3) is 0.688. The molecule has 1 aliphatic rings. The maximum absolute atomic E-state index is 12.2. The number of amides is 1. The Morgan fingerprint density at radius 1 is 1.43 bits per heavy atom. The van der Waals surface area contributed by atoms with Crippen molar-refractivity contribution in [2.24, 2.45) is 11.1 Å². The van der Waals surface area contributed by atoms with Crippen molar-refractivity contribution in [2.75, 3.05) is 19.6 Å². The minimum atomic E-state index is -0.506. The van der Waals surface area contributed by atoms with Gasteiger partial charge in [-0.15, -0.1) is 0 Å². The van der Waals surface area contributed by atoms with Crippen LogP contribution < -0.4 is 11.1 Å². The van der Waals surface area contributed by atoms with E-state index in [1.165, 1.54) is 12.8 Å². The molecule has 1 aromatic rings. The van der Waals surface area contributed by atoms with Gasteiger partial charge in [-0.1, -0.05) is 20.8 Å². The lowest BCUT2D eigenvalue weighted by Crippen LogP contribution is -2.50. The van der Waals surface area contributed by atoms with Crippen LogP contribution in [0.1, 0.15) is 45.4 Å². The van der Waals surface area contributed by atoms with Gasteiger partial charge in [0.1, 0.15) is 5.76 Å². The molecule has 5 nitrogen and oxygen atoms in total. The minimum absolute atomic E-state index is 0.0959. The van der Waals surface area contributed by atoms with Crippen molar-refractivity contribution in [3.63, 3.8) is 0 Å². The molecule has 21 heavy (non-hydrogen) atoms. The quantitative estimate of drug-likeness (QED) is 0.870. The molecule has 1 aromatic heterocycles. The number of hydrogen-bond acceptors (Lipinski definition) is 4. The fourth-order valence-corrected chi connectivity index (χ4v) is 2.64. The van der Waals surface area contributed by atoms with E-state index in [0.29, 0.717) is 6.54 Å². The van der Waals surface area contributed by atoms with Gasteiger partial charge in [-0.3, -0.25) is 9.69 Å². The Morgan fingerprint density at radius 2 is 2.10 bits per heavy atom. The van der Waals surface area contributed by atoms with Crippen LogP contribution in [0.2, 0.25) is 0 Å². The fourth-order valence-electron chi connectivity index (χ4n) is 2.64. The molecule has 0 bridgehead atoms. The molecule has 1 fully saturated rings. The van der Waals surface area contributed by atoms with Crippen LogP contribution in [0.25, 0.3) is 0 Å². The zero-order chi connectivity index (χ0) is 15.5. The van der Waals surface area contributed by atoms with Crippen LogP contribution in [0, 0.1) is 5.41 Å². The van der Waals surface area contributed by atoms with Gasteiger partial charge in [0.15, 0.2) is 0 Å². The van der Waals surface area contributed by atoms with Gasteiger partial charge in [-0.2, -0.15) is 0 Å². The predicted octanol–water partition coefficient (Wildman–Crippen LogP) is 1.91. The third-order valence-corrected chi connectivity index (χ3v) is 4.14. The first-order valence-corrected chi connectivity index (χ1v) is 7.70. The molecule has 0 saturated carbocycles. The maximum Gasteiger partial charge on any atom is 0.237 e. The Hall–Kier alpha value is -1.33. The number of furan rings is 1. The summed E-state index contributed by atoms with van der Waals surface area (Å²) >= 11 is 0. The van der Waals surface area contributed by atoms with E-state index in [4.69, 9.17) is 10.2 Å². The predicted molar refractivity (Wildman–Crippen MR) is 82.7 cm³/mol. The number of hydrogen-bond donors (Lipinski definition) is 2. The average molecular weight is 293 g/mol. The van der Waals surface area contributed by atoms with Gasteiger partial charge in [0, 0.05) is 6.54 Å². The Kier molecular flexibility index (Phi) is 5.06. The zero-order valence-corrected chi connectivity index (χ0v) is 13.3. The summed E-state index contributed by atoms with van der Waals surface area (Å²) < 4.78 is 5.54. The molecule has 2 rings (SSSR count). The average Bonchev–Trinajstić information content (AvgIpc) is 3.10. The van der Waals surface area contributed by atoms with Gasteiger partial charge in [0.05, 0.1) is 18.3 Å². The van der Waals surface area contributed by atoms with Crippen LogP contribution in [0.4, 0.5) is 0 Å². The Balaban J connectivity index is 1.98. The Morgan fingerprint density at radius 3 is 2.62 bits per heavy atom. The second kappa shape index (κ2) is 6.62. The number of carbonyl (C=O) groups is 1. The molecule has 2 atom stereocenters. The molecule has 2 unspecified atom stereocenters. The largest absolute Gasteiger partial charge is 0.468 e. The van der Waals surface area contributed by atoms with Crippen LogP contribution in [-0.4, -0.2) is 36.5 Å². The van der Waals surface area contributed by atoms with Crippen molar-refractivity contribution >= 4 is 5.91 Å². The summed E-state index contributed by atoms with van der Waals surface area (Å²) in [5, 5.41) is 2.99. The van der Waals surface area contributed by atoms with Gasteiger partial charge in [-0.25, -0.2) is 0 Å². The standard InChI is InChI=1S/C16H27N3O2/c1-16(2,3)14(17)15(20)18-11-12(13-7-6-10-21-13)19-8-4-5-9-19/h6-7,10,12,14H,4-5,8-9,11,17H2,1-3H3,(H,18,20). The molecule has 0 aliphatic carbocycles. The summed E-state index contributed by atoms with van der Waals surface area (Å²) in [5.41, 5.74) is 5.77. The van der Waals surface area contributed by atoms with E-state index in [2.05, 4.69) is 10.2 Å². The third kappa shape index (κ3) is 4.08. The van der Waals surface area contributed by atoms with Crippen LogP contribution in [0.3, 0.4) is 0 Å². The third-order valence-electron chi connectivity index (χ3n) is 4.14. The molecule has 1 aliphatic heterocycles. The molecule has 1 amide bonds. The second-order valence-electron chi connectivity index (χ2n) is 6.86. The van der Waals surface area contributed by atoms with Crippen molar-refractivity contribution in [3.8, 4) is 0 Å². The molecule has 0 aromatic carbocycles. The number of nitrogens with two attached hydrogens (primary N) is 1. The van der Waals surface area contributed by atoms with E-state index >= 15 is 0 Å². The summed E-state index contributed by atoms with van der Waals surface area (Å²) in [4.78, 5) is 14.6. The number of rotatable bonds is 5. The van der Waals surface area contributed by atoms with Gasteiger partial charge < -0.3 is 15.5 Å². The number of nitrogens with one attached hydrogen (secondary N) is 1. The highest BCUT2D eigenvalue weighted by atomic mass is 16.3. The zero-order valence-electron chi connectivity index (χ0n) is 13.3. The number of likely N-dealkylation sites (tertiary alicyclic amines) is 1. The molecule has 2 heterocycles. The lowest BCUT2D eigenvalue weighted by molar-refractivity contribution is -0.124. The smallest absolute Gasteiger partial charge is 0.237 e. The Bertz CT molecular complexity index is 445. The summed E-state index contributed by atoms with van der Waals surface area (Å²) in [6, 6.07) is 3.45. The van der Waals surface area contributed by atoms with E-state index in [-0.39, 0.29) is 17.4 Å². The first-order chi connectivity index (χ1) is 9.89. The van der Waals surface area contributed by atoms with Crippen molar-refractivity contribution in [1.82, 2.24) is 10.2 Å². The Labute approximate surface area is 126 Å². The van der Waals surface area contributed by atoms with E-state index in [1.807, 2.05) is 32.9 Å². The monoisotopic (exact) mass is 293 g/mol. The van der Waals surface area contributed by atoms with Crippen LogP contribution in [0.15, 0.2) is 22.8 Å². The number of carbonyl (C=O) groups excluding carboxylic acids is 1. The highest BCUT2D eigenvalue weighted by Gasteiger charge is 2.30. The normalized spacial score (nSPS) is 19.4. The lowest BCUT2D eigenvalue weighted by atomic mass is 9.87. The second-order valence-corrected chi connectivity index (χ2v) is 6.86. The van der Waals surface area contributed by atoms with Crippen molar-refractivity contribution in [3.05, 3.63) is 24.2 Å². The molecule has 1 saturated heterocycles. The molecular formula is C16H27N3O2. The number of nitrogens with zero attached hydrogens (tertiary/aromatic N) is 1. The molecular weight excluding hydrogens is 266 g/mol. The molecule has 118 valence electrons. The van der Waals surface area contributed by atoms with Crippen molar-refractivity contribution < 1.29 is 9.21 Å². The van der Waals surface area contributed by atoms with Gasteiger partial charge in [-0.05, 0) is 43.5 Å². The first kappa shape index (κ1) is 16.0. The van der Waals surface area contributed by atoms with Gasteiger partial charge >= 0.3 is 0 Å². The summed E-state index contributed by atoms with van der Waals surface area (Å²) in [6.07, 6.45) is 4.08. The van der Waals surface area contributed by atoms with E-state index < -0.39 is 6.04 Å². The lowest BCUT2D eigenvalue weighted by Gasteiger charge is -2.29. The summed E-state index contributed by atoms with van der Waals surface area (Å²) in [7, 11) is 0. The van der Waals surface area contributed by atoms with Gasteiger partial charge in [0.25, 0.3) is 0 Å².